The van der Waals surface area contributed by atoms with Crippen molar-refractivity contribution in [1.82, 2.24) is 20.3 Å². The number of nitrogens with one attached hydrogen (secondary N) is 1. The predicted molar refractivity (Wildman–Crippen MR) is 80.3 cm³/mol. The summed E-state index contributed by atoms with van der Waals surface area (Å²) >= 11 is 3.38. The van der Waals surface area contributed by atoms with Crippen molar-refractivity contribution in [2.75, 3.05) is 0 Å². The lowest BCUT2D eigenvalue weighted by atomic mass is 10.2. The van der Waals surface area contributed by atoms with Gasteiger partial charge in [-0.3, -0.25) is 10.1 Å². The molecule has 0 unspecified atom stereocenters. The summed E-state index contributed by atoms with van der Waals surface area (Å²) in [5.41, 5.74) is 1.99. The maximum atomic E-state index is 11.2. The summed E-state index contributed by atoms with van der Waals surface area (Å²) in [7, 11) is 0. The Hall–Kier alpha value is -1.80. The van der Waals surface area contributed by atoms with Crippen LogP contribution in [0.15, 0.2) is 22.8 Å². The third-order valence-corrected chi connectivity index (χ3v) is 3.91. The summed E-state index contributed by atoms with van der Waals surface area (Å²) in [6, 6.07) is 3.94. The van der Waals surface area contributed by atoms with Crippen molar-refractivity contribution in [3.8, 4) is 5.69 Å². The van der Waals surface area contributed by atoms with Crippen molar-refractivity contribution in [3.63, 3.8) is 0 Å². The standard InChI is InChI=1S/C13H14BrN5O2/c1-8-4-11(14)13(12(5-8)19(20)21)18-7-10(16-17-18)6-15-9-2-3-9/h4-5,7,9,15H,2-3,6H2,1H3. The zero-order chi connectivity index (χ0) is 15.0. The van der Waals surface area contributed by atoms with Gasteiger partial charge in [-0.05, 0) is 47.3 Å². The van der Waals surface area contributed by atoms with Gasteiger partial charge < -0.3 is 5.32 Å². The molecule has 0 saturated heterocycles. The van der Waals surface area contributed by atoms with Crippen LogP contribution in [0.1, 0.15) is 24.1 Å². The Morgan fingerprint density at radius 1 is 1.52 bits per heavy atom. The van der Waals surface area contributed by atoms with E-state index in [4.69, 9.17) is 0 Å². The lowest BCUT2D eigenvalue weighted by Crippen LogP contribution is -2.15. The van der Waals surface area contributed by atoms with Crippen molar-refractivity contribution in [2.45, 2.75) is 32.4 Å². The lowest BCUT2D eigenvalue weighted by Gasteiger charge is -2.06. The molecule has 8 heteroatoms. The smallest absolute Gasteiger partial charge is 0.296 e. The minimum atomic E-state index is -0.406. The molecule has 2 aromatic rings. The minimum absolute atomic E-state index is 0.00785. The van der Waals surface area contributed by atoms with Crippen LogP contribution in [0.25, 0.3) is 5.69 Å². The molecule has 110 valence electrons. The molecular weight excluding hydrogens is 338 g/mol. The van der Waals surface area contributed by atoms with E-state index in [1.165, 1.54) is 23.6 Å². The second-order valence-corrected chi connectivity index (χ2v) is 6.04. The monoisotopic (exact) mass is 351 g/mol. The second-order valence-electron chi connectivity index (χ2n) is 5.18. The van der Waals surface area contributed by atoms with Crippen LogP contribution in [0.5, 0.6) is 0 Å². The number of hydrogen-bond acceptors (Lipinski definition) is 5. The first kappa shape index (κ1) is 14.2. The van der Waals surface area contributed by atoms with E-state index in [9.17, 15) is 10.1 Å². The molecule has 1 heterocycles. The third kappa shape index (κ3) is 3.11. The summed E-state index contributed by atoms with van der Waals surface area (Å²) in [4.78, 5) is 10.8. The maximum Gasteiger partial charge on any atom is 0.296 e. The van der Waals surface area contributed by atoms with Crippen molar-refractivity contribution < 1.29 is 4.92 Å². The molecule has 1 aromatic carbocycles. The molecule has 3 rings (SSSR count). The van der Waals surface area contributed by atoms with Crippen LogP contribution < -0.4 is 5.32 Å². The largest absolute Gasteiger partial charge is 0.308 e. The van der Waals surface area contributed by atoms with Gasteiger partial charge in [0.05, 0.1) is 21.3 Å². The van der Waals surface area contributed by atoms with Crippen molar-refractivity contribution in [1.29, 1.82) is 0 Å². The predicted octanol–water partition coefficient (Wildman–Crippen LogP) is 2.50. The van der Waals surface area contributed by atoms with E-state index in [1.54, 1.807) is 6.20 Å². The molecule has 1 aromatic heterocycles. The quantitative estimate of drug-likeness (QED) is 0.660. The van der Waals surface area contributed by atoms with Crippen LogP contribution >= 0.6 is 15.9 Å². The van der Waals surface area contributed by atoms with Gasteiger partial charge in [0, 0.05) is 18.7 Å². The fourth-order valence-electron chi connectivity index (χ4n) is 2.11. The molecule has 1 aliphatic carbocycles. The highest BCUT2D eigenvalue weighted by molar-refractivity contribution is 9.10. The molecule has 21 heavy (non-hydrogen) atoms. The number of aromatic nitrogens is 3. The summed E-state index contributed by atoms with van der Waals surface area (Å²) in [5.74, 6) is 0. The highest BCUT2D eigenvalue weighted by Crippen LogP contribution is 2.31. The van der Waals surface area contributed by atoms with E-state index in [0.717, 1.165) is 11.3 Å². The van der Waals surface area contributed by atoms with Gasteiger partial charge in [0.2, 0.25) is 0 Å². The summed E-state index contributed by atoms with van der Waals surface area (Å²) in [6.07, 6.45) is 4.12. The number of hydrogen-bond donors (Lipinski definition) is 1. The lowest BCUT2D eigenvalue weighted by molar-refractivity contribution is -0.384. The van der Waals surface area contributed by atoms with E-state index < -0.39 is 4.92 Å². The van der Waals surface area contributed by atoms with E-state index >= 15 is 0 Å². The number of nitrogens with zero attached hydrogens (tertiary/aromatic N) is 4. The van der Waals surface area contributed by atoms with Crippen molar-refractivity contribution in [3.05, 3.63) is 44.2 Å². The number of rotatable bonds is 5. The number of halogens is 1. The first-order chi connectivity index (χ1) is 10.0. The Morgan fingerprint density at radius 2 is 2.29 bits per heavy atom. The molecule has 0 radical (unpaired) electrons. The topological polar surface area (TPSA) is 85.9 Å². The maximum absolute atomic E-state index is 11.2. The van der Waals surface area contributed by atoms with Gasteiger partial charge in [-0.25, -0.2) is 4.68 Å². The van der Waals surface area contributed by atoms with Gasteiger partial charge in [-0.2, -0.15) is 0 Å². The zero-order valence-corrected chi connectivity index (χ0v) is 13.0. The third-order valence-electron chi connectivity index (χ3n) is 3.30. The number of nitro benzene ring substituents is 1. The fourth-order valence-corrected chi connectivity index (χ4v) is 2.85. The van der Waals surface area contributed by atoms with E-state index in [-0.39, 0.29) is 5.69 Å². The van der Waals surface area contributed by atoms with Gasteiger partial charge in [0.1, 0.15) is 0 Å². The van der Waals surface area contributed by atoms with Crippen molar-refractivity contribution >= 4 is 21.6 Å². The highest BCUT2D eigenvalue weighted by Gasteiger charge is 2.22. The van der Waals surface area contributed by atoms with Crippen LogP contribution in [0.2, 0.25) is 0 Å². The van der Waals surface area contributed by atoms with Crippen LogP contribution in [-0.2, 0) is 6.54 Å². The fraction of sp³-hybridized carbons (Fsp3) is 0.385. The summed E-state index contributed by atoms with van der Waals surface area (Å²) in [6.45, 7) is 2.44. The van der Waals surface area contributed by atoms with E-state index in [1.807, 2.05) is 13.0 Å². The SMILES string of the molecule is Cc1cc(Br)c(-n2cc(CNC3CC3)nn2)c([N+](=O)[O-])c1. The van der Waals surface area contributed by atoms with E-state index in [2.05, 4.69) is 31.6 Å². The molecular formula is C13H14BrN5O2. The molecule has 0 amide bonds. The first-order valence-electron chi connectivity index (χ1n) is 6.64. The minimum Gasteiger partial charge on any atom is -0.308 e. The average molecular weight is 352 g/mol. The Bertz CT molecular complexity index is 696. The van der Waals surface area contributed by atoms with Gasteiger partial charge in [0.25, 0.3) is 5.69 Å². The van der Waals surface area contributed by atoms with Gasteiger partial charge in [-0.1, -0.05) is 5.21 Å². The Morgan fingerprint density at radius 3 is 2.95 bits per heavy atom. The molecule has 0 bridgehead atoms. The number of nitro groups is 1. The van der Waals surface area contributed by atoms with Crippen LogP contribution in [0, 0.1) is 17.0 Å². The zero-order valence-electron chi connectivity index (χ0n) is 11.4. The van der Waals surface area contributed by atoms with E-state index in [0.29, 0.717) is 22.7 Å². The summed E-state index contributed by atoms with van der Waals surface area (Å²) in [5, 5.41) is 22.7. The molecule has 1 fully saturated rings. The average Bonchev–Trinajstić information content (AvgIpc) is 3.14. The van der Waals surface area contributed by atoms with Gasteiger partial charge >= 0.3 is 0 Å². The summed E-state index contributed by atoms with van der Waals surface area (Å²) < 4.78 is 2.08. The Kier molecular flexibility index (Phi) is 3.73. The first-order valence-corrected chi connectivity index (χ1v) is 7.43. The molecule has 1 N–H and O–H groups in total. The molecule has 7 nitrogen and oxygen atoms in total. The second kappa shape index (κ2) is 5.53. The molecule has 0 aliphatic heterocycles. The van der Waals surface area contributed by atoms with Crippen LogP contribution in [0.3, 0.4) is 0 Å². The highest BCUT2D eigenvalue weighted by atomic mass is 79.9. The molecule has 0 spiro atoms. The Balaban J connectivity index is 1.93. The number of benzene rings is 1. The molecule has 0 atom stereocenters. The Labute approximate surface area is 129 Å². The van der Waals surface area contributed by atoms with Crippen LogP contribution in [0.4, 0.5) is 5.69 Å². The van der Waals surface area contributed by atoms with Crippen molar-refractivity contribution in [2.24, 2.45) is 0 Å². The van der Waals surface area contributed by atoms with Crippen LogP contribution in [-0.4, -0.2) is 26.0 Å². The normalized spacial score (nSPS) is 14.4. The number of aryl methyl sites for hydroxylation is 1. The molecule has 1 saturated carbocycles. The van der Waals surface area contributed by atoms with Gasteiger partial charge in [-0.15, -0.1) is 5.10 Å². The van der Waals surface area contributed by atoms with Gasteiger partial charge in [0.15, 0.2) is 5.69 Å². The molecule has 1 aliphatic rings.